The van der Waals surface area contributed by atoms with Crippen molar-refractivity contribution < 1.29 is 19.4 Å². The molecule has 0 amide bonds. The van der Waals surface area contributed by atoms with Gasteiger partial charge < -0.3 is 9.84 Å². The maximum Gasteiger partial charge on any atom is 0.302 e. The molecular weight excluding hydrogens is 352 g/mol. The van der Waals surface area contributed by atoms with Crippen LogP contribution in [0.1, 0.15) is 79.6 Å². The predicted molar refractivity (Wildman–Crippen MR) is 107 cm³/mol. The highest BCUT2D eigenvalue weighted by Crippen LogP contribution is 2.68. The van der Waals surface area contributed by atoms with E-state index in [1.165, 1.54) is 12.5 Å². The molecule has 0 heterocycles. The first kappa shape index (κ1) is 20.1. The Balaban J connectivity index is 1.64. The maximum absolute atomic E-state index is 12.5. The molecule has 4 rings (SSSR count). The van der Waals surface area contributed by atoms with E-state index in [-0.39, 0.29) is 34.6 Å². The van der Waals surface area contributed by atoms with Crippen LogP contribution in [0.25, 0.3) is 0 Å². The molecule has 4 heteroatoms. The SMILES string of the molecule is CC(=O)OC1CC[C@@]2(C)C(=CCC3C2CC[C@@]2(C)C3C[C@@H](C)[C@]2(O)C(C)=O)C1. The number of hydrogen-bond donors (Lipinski definition) is 1. The molecule has 3 saturated carbocycles. The molecule has 0 spiro atoms. The van der Waals surface area contributed by atoms with Gasteiger partial charge in [0, 0.05) is 18.8 Å². The zero-order chi connectivity index (χ0) is 20.5. The molecule has 3 fully saturated rings. The molecule has 0 bridgehead atoms. The summed E-state index contributed by atoms with van der Waals surface area (Å²) in [4.78, 5) is 23.9. The van der Waals surface area contributed by atoms with Gasteiger partial charge in [0.05, 0.1) is 0 Å². The van der Waals surface area contributed by atoms with E-state index in [1.807, 2.05) is 0 Å². The lowest BCUT2D eigenvalue weighted by molar-refractivity contribution is -0.165. The molecule has 4 nitrogen and oxygen atoms in total. The Morgan fingerprint density at radius 1 is 1.14 bits per heavy atom. The average molecular weight is 389 g/mol. The molecule has 0 saturated heterocycles. The summed E-state index contributed by atoms with van der Waals surface area (Å²) in [5.74, 6) is 1.33. The Hall–Kier alpha value is -1.16. The van der Waals surface area contributed by atoms with E-state index in [0.717, 1.165) is 44.9 Å². The highest BCUT2D eigenvalue weighted by Gasteiger charge is 2.67. The van der Waals surface area contributed by atoms with Crippen LogP contribution < -0.4 is 0 Å². The highest BCUT2D eigenvalue weighted by molar-refractivity contribution is 5.86. The number of rotatable bonds is 2. The first-order valence-corrected chi connectivity index (χ1v) is 11.1. The second kappa shape index (κ2) is 6.42. The Kier molecular flexibility index (Phi) is 4.61. The zero-order valence-corrected chi connectivity index (χ0v) is 18.1. The smallest absolute Gasteiger partial charge is 0.302 e. The third-order valence-corrected chi connectivity index (χ3v) is 9.51. The first-order valence-electron chi connectivity index (χ1n) is 11.1. The molecular formula is C24H36O4. The molecule has 1 N–H and O–H groups in total. The van der Waals surface area contributed by atoms with Crippen molar-refractivity contribution in [1.29, 1.82) is 0 Å². The van der Waals surface area contributed by atoms with Gasteiger partial charge in [-0.1, -0.05) is 32.4 Å². The fraction of sp³-hybridized carbons (Fsp3) is 0.833. The third kappa shape index (κ3) is 2.52. The van der Waals surface area contributed by atoms with Crippen LogP contribution in [0.3, 0.4) is 0 Å². The number of esters is 1. The van der Waals surface area contributed by atoms with Gasteiger partial charge in [0.2, 0.25) is 0 Å². The van der Waals surface area contributed by atoms with Crippen LogP contribution in [-0.4, -0.2) is 28.6 Å². The molecule has 0 aliphatic heterocycles. The van der Waals surface area contributed by atoms with Crippen LogP contribution in [0.2, 0.25) is 0 Å². The number of aliphatic hydroxyl groups is 1. The van der Waals surface area contributed by atoms with Crippen molar-refractivity contribution in [2.24, 2.45) is 34.5 Å². The fourth-order valence-electron chi connectivity index (χ4n) is 8.05. The highest BCUT2D eigenvalue weighted by atomic mass is 16.5. The van der Waals surface area contributed by atoms with Gasteiger partial charge >= 0.3 is 5.97 Å². The first-order chi connectivity index (χ1) is 13.0. The van der Waals surface area contributed by atoms with E-state index in [4.69, 9.17) is 4.74 Å². The standard InChI is InChI=1S/C24H36O4/c1-14-12-21-19-7-6-17-13-18(28-16(3)26)8-10-22(17,4)20(19)9-11-23(21,5)24(14,27)15(2)25/h6,14,18-21,27H,7-13H2,1-5H3/t14-,18?,19?,20?,21?,22+,23+,24+/m1/s1. The number of Topliss-reactive ketones (excluding diaryl/α,β-unsaturated/α-hetero) is 1. The van der Waals surface area contributed by atoms with Gasteiger partial charge in [-0.3, -0.25) is 9.59 Å². The van der Waals surface area contributed by atoms with Crippen LogP contribution in [-0.2, 0) is 14.3 Å². The number of hydrogen-bond acceptors (Lipinski definition) is 4. The van der Waals surface area contributed by atoms with Crippen LogP contribution >= 0.6 is 0 Å². The lowest BCUT2D eigenvalue weighted by Gasteiger charge is -2.58. The van der Waals surface area contributed by atoms with Gasteiger partial charge in [0.25, 0.3) is 0 Å². The van der Waals surface area contributed by atoms with Crippen molar-refractivity contribution in [1.82, 2.24) is 0 Å². The summed E-state index contributed by atoms with van der Waals surface area (Å²) in [6, 6.07) is 0. The Bertz CT molecular complexity index is 726. The number of ether oxygens (including phenoxy) is 1. The zero-order valence-electron chi connectivity index (χ0n) is 18.1. The van der Waals surface area contributed by atoms with E-state index >= 15 is 0 Å². The lowest BCUT2D eigenvalue weighted by Crippen LogP contribution is -2.58. The second-order valence-corrected chi connectivity index (χ2v) is 10.6. The number of carbonyl (C=O) groups is 2. The molecule has 8 atom stereocenters. The maximum atomic E-state index is 12.5. The lowest BCUT2D eigenvalue weighted by atomic mass is 9.46. The van der Waals surface area contributed by atoms with E-state index in [9.17, 15) is 14.7 Å². The average Bonchev–Trinajstić information content (AvgIpc) is 2.83. The van der Waals surface area contributed by atoms with Crippen molar-refractivity contribution >= 4 is 11.8 Å². The molecule has 4 unspecified atom stereocenters. The van der Waals surface area contributed by atoms with Gasteiger partial charge in [-0.05, 0) is 74.5 Å². The summed E-state index contributed by atoms with van der Waals surface area (Å²) in [5.41, 5.74) is 0.153. The van der Waals surface area contributed by atoms with Crippen molar-refractivity contribution in [3.05, 3.63) is 11.6 Å². The summed E-state index contributed by atoms with van der Waals surface area (Å²) in [6.45, 7) is 9.73. The normalized spacial score (nSPS) is 50.1. The van der Waals surface area contributed by atoms with Crippen molar-refractivity contribution in [3.8, 4) is 0 Å². The molecule has 0 aromatic heterocycles. The Labute approximate surface area is 169 Å². The third-order valence-electron chi connectivity index (χ3n) is 9.51. The number of allylic oxidation sites excluding steroid dienone is 1. The largest absolute Gasteiger partial charge is 0.462 e. The van der Waals surface area contributed by atoms with Gasteiger partial charge in [-0.25, -0.2) is 0 Å². The van der Waals surface area contributed by atoms with E-state index in [1.54, 1.807) is 6.92 Å². The summed E-state index contributed by atoms with van der Waals surface area (Å²) >= 11 is 0. The van der Waals surface area contributed by atoms with Gasteiger partial charge in [0.15, 0.2) is 5.78 Å². The van der Waals surface area contributed by atoms with E-state index < -0.39 is 5.60 Å². The number of ketones is 1. The molecule has 0 aromatic rings. The number of fused-ring (bicyclic) bond motifs is 5. The quantitative estimate of drug-likeness (QED) is 0.561. The van der Waals surface area contributed by atoms with Crippen molar-refractivity contribution in [2.45, 2.75) is 91.3 Å². The van der Waals surface area contributed by atoms with Gasteiger partial charge in [-0.15, -0.1) is 0 Å². The Morgan fingerprint density at radius 3 is 2.50 bits per heavy atom. The van der Waals surface area contributed by atoms with Crippen LogP contribution in [0.15, 0.2) is 11.6 Å². The molecule has 4 aliphatic rings. The van der Waals surface area contributed by atoms with E-state index in [2.05, 4.69) is 26.8 Å². The topological polar surface area (TPSA) is 63.6 Å². The summed E-state index contributed by atoms with van der Waals surface area (Å²) in [7, 11) is 0. The molecule has 156 valence electrons. The molecule has 0 aromatic carbocycles. The Morgan fingerprint density at radius 2 is 1.86 bits per heavy atom. The minimum absolute atomic E-state index is 0.0246. The monoisotopic (exact) mass is 388 g/mol. The summed E-state index contributed by atoms with van der Waals surface area (Å²) < 4.78 is 5.52. The molecule has 0 radical (unpaired) electrons. The predicted octanol–water partition coefficient (Wildman–Crippen LogP) is 4.45. The summed E-state index contributed by atoms with van der Waals surface area (Å²) in [5, 5.41) is 11.5. The second-order valence-electron chi connectivity index (χ2n) is 10.6. The van der Waals surface area contributed by atoms with Crippen LogP contribution in [0.4, 0.5) is 0 Å². The van der Waals surface area contributed by atoms with E-state index in [0.29, 0.717) is 17.8 Å². The summed E-state index contributed by atoms with van der Waals surface area (Å²) in [6.07, 6.45) is 9.29. The molecule has 4 aliphatic carbocycles. The van der Waals surface area contributed by atoms with Gasteiger partial charge in [-0.2, -0.15) is 0 Å². The minimum atomic E-state index is -1.18. The molecule has 28 heavy (non-hydrogen) atoms. The van der Waals surface area contributed by atoms with Crippen LogP contribution in [0, 0.1) is 34.5 Å². The van der Waals surface area contributed by atoms with Crippen molar-refractivity contribution in [3.63, 3.8) is 0 Å². The van der Waals surface area contributed by atoms with Crippen LogP contribution in [0.5, 0.6) is 0 Å². The van der Waals surface area contributed by atoms with Crippen molar-refractivity contribution in [2.75, 3.05) is 0 Å². The minimum Gasteiger partial charge on any atom is -0.462 e. The number of carbonyl (C=O) groups excluding carboxylic acids is 2. The van der Waals surface area contributed by atoms with Gasteiger partial charge in [0.1, 0.15) is 11.7 Å². The fourth-order valence-corrected chi connectivity index (χ4v) is 8.05.